The normalized spacial score (nSPS) is 12.6. The van der Waals surface area contributed by atoms with Crippen molar-refractivity contribution in [1.29, 1.82) is 0 Å². The van der Waals surface area contributed by atoms with Gasteiger partial charge in [-0.25, -0.2) is 0 Å². The van der Waals surface area contributed by atoms with Crippen molar-refractivity contribution in [2.75, 3.05) is 0 Å². The average Bonchev–Trinajstić information content (AvgIpc) is 2.89. The van der Waals surface area contributed by atoms with E-state index in [2.05, 4.69) is 10.3 Å². The number of aromatic nitrogens is 2. The first kappa shape index (κ1) is 23.3. The van der Waals surface area contributed by atoms with Crippen LogP contribution in [0.1, 0.15) is 34.6 Å². The highest BCUT2D eigenvalue weighted by atomic mass is 19.4. The molecular formula is C28H20F3N3O2. The summed E-state index contributed by atoms with van der Waals surface area (Å²) < 4.78 is 40.6. The molecular weight excluding hydrogens is 467 g/mol. The molecule has 1 amide bonds. The quantitative estimate of drug-likeness (QED) is 0.314. The van der Waals surface area contributed by atoms with Crippen LogP contribution in [0.3, 0.4) is 0 Å². The van der Waals surface area contributed by atoms with Gasteiger partial charge in [-0.2, -0.15) is 13.2 Å². The number of fused-ring (bicyclic) bond motifs is 3. The van der Waals surface area contributed by atoms with E-state index >= 15 is 0 Å². The fourth-order valence-electron chi connectivity index (χ4n) is 4.26. The number of hydrogen-bond acceptors (Lipinski definition) is 3. The summed E-state index contributed by atoms with van der Waals surface area (Å²) in [6, 6.07) is 21.5. The average molecular weight is 487 g/mol. The summed E-state index contributed by atoms with van der Waals surface area (Å²) in [7, 11) is 0. The molecule has 2 heterocycles. The Morgan fingerprint density at radius 3 is 2.25 bits per heavy atom. The molecule has 36 heavy (non-hydrogen) atoms. The molecule has 0 aliphatic rings. The molecule has 1 N–H and O–H groups in total. The van der Waals surface area contributed by atoms with Crippen LogP contribution in [-0.4, -0.2) is 15.5 Å². The van der Waals surface area contributed by atoms with Crippen LogP contribution in [0.15, 0.2) is 95.9 Å². The molecule has 0 spiro atoms. The van der Waals surface area contributed by atoms with Crippen molar-refractivity contribution in [3.05, 3.63) is 118 Å². The van der Waals surface area contributed by atoms with E-state index in [1.165, 1.54) is 16.7 Å². The monoisotopic (exact) mass is 487 g/mol. The van der Waals surface area contributed by atoms with Crippen molar-refractivity contribution in [3.8, 4) is 5.69 Å². The lowest BCUT2D eigenvalue weighted by molar-refractivity contribution is -0.137. The van der Waals surface area contributed by atoms with Crippen LogP contribution in [0.2, 0.25) is 0 Å². The number of nitrogens with zero attached hydrogens (tertiary/aromatic N) is 2. The van der Waals surface area contributed by atoms with Crippen LogP contribution in [-0.2, 0) is 6.18 Å². The smallest absolute Gasteiger partial charge is 0.344 e. The molecule has 0 unspecified atom stereocenters. The van der Waals surface area contributed by atoms with Gasteiger partial charge in [0.15, 0.2) is 0 Å². The number of alkyl halides is 3. The summed E-state index contributed by atoms with van der Waals surface area (Å²) in [5.41, 5.74) is 0.711. The largest absolute Gasteiger partial charge is 0.416 e. The van der Waals surface area contributed by atoms with Crippen molar-refractivity contribution < 1.29 is 18.0 Å². The Morgan fingerprint density at radius 1 is 0.889 bits per heavy atom. The van der Waals surface area contributed by atoms with E-state index in [0.717, 1.165) is 12.1 Å². The Kier molecular flexibility index (Phi) is 5.80. The molecule has 5 aromatic rings. The zero-order valence-electron chi connectivity index (χ0n) is 19.1. The van der Waals surface area contributed by atoms with Crippen LogP contribution in [0, 0.1) is 0 Å². The van der Waals surface area contributed by atoms with Gasteiger partial charge in [0, 0.05) is 28.2 Å². The van der Waals surface area contributed by atoms with Crippen molar-refractivity contribution in [2.45, 2.75) is 19.1 Å². The number of carbonyl (C=O) groups excluding carboxylic acids is 1. The highest BCUT2D eigenvalue weighted by Gasteiger charge is 2.30. The summed E-state index contributed by atoms with van der Waals surface area (Å²) in [6.45, 7) is 1.83. The minimum atomic E-state index is -4.48. The second-order valence-electron chi connectivity index (χ2n) is 8.41. The third kappa shape index (κ3) is 4.22. The summed E-state index contributed by atoms with van der Waals surface area (Å²) in [5, 5.41) is 4.59. The zero-order valence-corrected chi connectivity index (χ0v) is 19.1. The topological polar surface area (TPSA) is 64.0 Å². The van der Waals surface area contributed by atoms with E-state index in [4.69, 9.17) is 0 Å². The lowest BCUT2D eigenvalue weighted by atomic mass is 10.0. The maximum Gasteiger partial charge on any atom is 0.416 e. The van der Waals surface area contributed by atoms with E-state index in [0.29, 0.717) is 38.6 Å². The Bertz CT molecular complexity index is 1640. The number of rotatable bonds is 4. The van der Waals surface area contributed by atoms with Crippen molar-refractivity contribution >= 4 is 27.6 Å². The number of amides is 1. The fraction of sp³-hybridized carbons (Fsp3) is 0.107. The van der Waals surface area contributed by atoms with Crippen LogP contribution < -0.4 is 10.9 Å². The van der Waals surface area contributed by atoms with Gasteiger partial charge in [-0.3, -0.25) is 19.1 Å². The maximum atomic E-state index is 13.4. The Hall–Kier alpha value is -4.46. The van der Waals surface area contributed by atoms with E-state index in [-0.39, 0.29) is 17.5 Å². The first-order valence-corrected chi connectivity index (χ1v) is 11.2. The van der Waals surface area contributed by atoms with E-state index in [1.807, 2.05) is 19.1 Å². The van der Waals surface area contributed by atoms with Gasteiger partial charge in [-0.15, -0.1) is 0 Å². The van der Waals surface area contributed by atoms with E-state index in [9.17, 15) is 22.8 Å². The molecule has 2 aromatic heterocycles. The van der Waals surface area contributed by atoms with Gasteiger partial charge in [0.1, 0.15) is 0 Å². The predicted octanol–water partition coefficient (Wildman–Crippen LogP) is 6.05. The zero-order chi connectivity index (χ0) is 25.4. The molecule has 0 aliphatic heterocycles. The number of benzene rings is 3. The van der Waals surface area contributed by atoms with Crippen LogP contribution in [0.4, 0.5) is 13.2 Å². The van der Waals surface area contributed by atoms with E-state index < -0.39 is 11.7 Å². The van der Waals surface area contributed by atoms with Gasteiger partial charge in [-0.05, 0) is 73.0 Å². The molecule has 3 aromatic carbocycles. The number of pyridine rings is 2. The molecule has 8 heteroatoms. The third-order valence-corrected chi connectivity index (χ3v) is 6.08. The highest BCUT2D eigenvalue weighted by Crippen LogP contribution is 2.31. The molecule has 0 saturated carbocycles. The van der Waals surface area contributed by atoms with Gasteiger partial charge >= 0.3 is 6.18 Å². The Balaban J connectivity index is 1.63. The van der Waals surface area contributed by atoms with Gasteiger partial charge < -0.3 is 5.32 Å². The minimum absolute atomic E-state index is 0.296. The summed E-state index contributed by atoms with van der Waals surface area (Å²) in [5.74, 6) is -0.314. The van der Waals surface area contributed by atoms with Gasteiger partial charge in [0.25, 0.3) is 11.5 Å². The first-order chi connectivity index (χ1) is 17.2. The van der Waals surface area contributed by atoms with E-state index in [1.54, 1.807) is 54.7 Å². The number of nitrogens with one attached hydrogen (secondary N) is 1. The van der Waals surface area contributed by atoms with Crippen LogP contribution in [0.5, 0.6) is 0 Å². The van der Waals surface area contributed by atoms with Crippen LogP contribution in [0.25, 0.3) is 27.4 Å². The molecule has 5 rings (SSSR count). The summed E-state index contributed by atoms with van der Waals surface area (Å²) >= 11 is 0. The Morgan fingerprint density at radius 2 is 1.58 bits per heavy atom. The van der Waals surface area contributed by atoms with Gasteiger partial charge in [-0.1, -0.05) is 24.3 Å². The second kappa shape index (κ2) is 8.96. The van der Waals surface area contributed by atoms with Gasteiger partial charge in [0.05, 0.1) is 22.8 Å². The van der Waals surface area contributed by atoms with Crippen LogP contribution >= 0.6 is 0 Å². The standard InChI is InChI=1S/C28H20F3N3O2/c1-17(24-8-4-5-15-32-24)33-26(35)18-9-14-25-23(16-18)21-6-2-3-7-22(21)27(36)34(25)20-12-10-19(11-13-20)28(29,30)31/h2-17H,1H3,(H,33,35)/t17-/m0/s1. The fourth-order valence-corrected chi connectivity index (χ4v) is 4.26. The van der Waals surface area contributed by atoms with Gasteiger partial charge in [0.2, 0.25) is 0 Å². The molecule has 0 bridgehead atoms. The maximum absolute atomic E-state index is 13.4. The lowest BCUT2D eigenvalue weighted by Gasteiger charge is -2.16. The highest BCUT2D eigenvalue weighted by molar-refractivity contribution is 6.09. The predicted molar refractivity (Wildman–Crippen MR) is 132 cm³/mol. The third-order valence-electron chi connectivity index (χ3n) is 6.08. The summed E-state index contributed by atoms with van der Waals surface area (Å²) in [4.78, 5) is 30.7. The lowest BCUT2D eigenvalue weighted by Crippen LogP contribution is -2.27. The molecule has 0 fully saturated rings. The number of carbonyl (C=O) groups is 1. The SMILES string of the molecule is C[C@H](NC(=O)c1ccc2c(c1)c1ccccc1c(=O)n2-c1ccc(C(F)(F)F)cc1)c1ccccn1. The second-order valence-corrected chi connectivity index (χ2v) is 8.41. The number of hydrogen-bond donors (Lipinski definition) is 1. The molecule has 0 saturated heterocycles. The minimum Gasteiger partial charge on any atom is -0.344 e. The number of halogens is 3. The molecule has 0 radical (unpaired) electrons. The molecule has 0 aliphatic carbocycles. The Labute approximate surface area is 203 Å². The molecule has 180 valence electrons. The van der Waals surface area contributed by atoms with Crippen molar-refractivity contribution in [2.24, 2.45) is 0 Å². The molecule has 5 nitrogen and oxygen atoms in total. The first-order valence-electron chi connectivity index (χ1n) is 11.2. The molecule has 1 atom stereocenters. The van der Waals surface area contributed by atoms with Crippen molar-refractivity contribution in [1.82, 2.24) is 14.9 Å². The van der Waals surface area contributed by atoms with Crippen molar-refractivity contribution in [3.63, 3.8) is 0 Å². The summed E-state index contributed by atoms with van der Waals surface area (Å²) in [6.07, 6.45) is -2.83.